The predicted molar refractivity (Wildman–Crippen MR) is 88.1 cm³/mol. The van der Waals surface area contributed by atoms with E-state index in [1.165, 1.54) is 11.8 Å². The van der Waals surface area contributed by atoms with E-state index in [0.717, 1.165) is 17.9 Å². The number of nitrogens with zero attached hydrogens (tertiary/aromatic N) is 3. The van der Waals surface area contributed by atoms with Gasteiger partial charge in [-0.3, -0.25) is 9.36 Å². The number of amides is 1. The van der Waals surface area contributed by atoms with Crippen molar-refractivity contribution in [2.24, 2.45) is 0 Å². The van der Waals surface area contributed by atoms with Crippen molar-refractivity contribution in [2.45, 2.75) is 11.6 Å². The zero-order valence-electron chi connectivity index (χ0n) is 13.2. The third-order valence-corrected chi connectivity index (χ3v) is 3.98. The average molecular weight is 336 g/mol. The van der Waals surface area contributed by atoms with Gasteiger partial charge in [-0.15, -0.1) is 10.2 Å². The van der Waals surface area contributed by atoms with Crippen molar-refractivity contribution in [2.75, 3.05) is 33.1 Å². The standard InChI is InChI=1S/C15H20N4O3S/c1-21-9-5-8-16-14(20)10-23-15-18-17-11-19(15)12-6-3-4-7-13(12)22-2/h3-4,6-7,11H,5,8-10H2,1-2H3,(H,16,20). The Morgan fingerprint density at radius 2 is 2.17 bits per heavy atom. The first kappa shape index (κ1) is 17.3. The second-order valence-corrected chi connectivity index (χ2v) is 5.58. The molecule has 0 aliphatic heterocycles. The summed E-state index contributed by atoms with van der Waals surface area (Å²) in [7, 11) is 3.26. The van der Waals surface area contributed by atoms with Crippen LogP contribution < -0.4 is 10.1 Å². The Labute approximate surface area is 139 Å². The Morgan fingerprint density at radius 3 is 2.96 bits per heavy atom. The molecule has 0 fully saturated rings. The Balaban J connectivity index is 1.95. The summed E-state index contributed by atoms with van der Waals surface area (Å²) in [6, 6.07) is 7.59. The lowest BCUT2D eigenvalue weighted by Crippen LogP contribution is -2.26. The zero-order valence-corrected chi connectivity index (χ0v) is 14.0. The molecule has 0 aliphatic carbocycles. The van der Waals surface area contributed by atoms with Gasteiger partial charge in [-0.1, -0.05) is 23.9 Å². The van der Waals surface area contributed by atoms with Crippen molar-refractivity contribution >= 4 is 17.7 Å². The van der Waals surface area contributed by atoms with Crippen LogP contribution in [0.5, 0.6) is 5.75 Å². The van der Waals surface area contributed by atoms with Crippen LogP contribution in [0.4, 0.5) is 0 Å². The van der Waals surface area contributed by atoms with Crippen molar-refractivity contribution in [1.29, 1.82) is 0 Å². The molecule has 2 aromatic rings. The molecular weight excluding hydrogens is 316 g/mol. The Bertz CT molecular complexity index is 633. The summed E-state index contributed by atoms with van der Waals surface area (Å²) in [5.41, 5.74) is 0.836. The van der Waals surface area contributed by atoms with Gasteiger partial charge in [0, 0.05) is 20.3 Å². The Morgan fingerprint density at radius 1 is 1.35 bits per heavy atom. The molecule has 0 saturated heterocycles. The average Bonchev–Trinajstić information content (AvgIpc) is 3.05. The third-order valence-electron chi connectivity index (χ3n) is 3.04. The third kappa shape index (κ3) is 4.97. The van der Waals surface area contributed by atoms with Gasteiger partial charge < -0.3 is 14.8 Å². The number of thioether (sulfide) groups is 1. The molecule has 0 radical (unpaired) electrons. The molecule has 1 N–H and O–H groups in total. The number of ether oxygens (including phenoxy) is 2. The van der Waals surface area contributed by atoms with E-state index >= 15 is 0 Å². The highest BCUT2D eigenvalue weighted by Gasteiger charge is 2.12. The van der Waals surface area contributed by atoms with Crippen LogP contribution in [0.2, 0.25) is 0 Å². The van der Waals surface area contributed by atoms with Gasteiger partial charge in [0.15, 0.2) is 5.16 Å². The molecule has 8 heteroatoms. The minimum absolute atomic E-state index is 0.0410. The fraction of sp³-hybridized carbons (Fsp3) is 0.400. The largest absolute Gasteiger partial charge is 0.495 e. The van der Waals surface area contributed by atoms with Crippen molar-refractivity contribution in [1.82, 2.24) is 20.1 Å². The molecule has 23 heavy (non-hydrogen) atoms. The number of methoxy groups -OCH3 is 2. The summed E-state index contributed by atoms with van der Waals surface area (Å²) in [5.74, 6) is 0.958. The zero-order chi connectivity index (χ0) is 16.5. The van der Waals surface area contributed by atoms with E-state index in [-0.39, 0.29) is 11.7 Å². The summed E-state index contributed by atoms with van der Waals surface area (Å²) in [5, 5.41) is 11.5. The maximum Gasteiger partial charge on any atom is 0.230 e. The second-order valence-electron chi connectivity index (χ2n) is 4.64. The second kappa shape index (κ2) is 9.16. The number of para-hydroxylation sites is 2. The fourth-order valence-electron chi connectivity index (χ4n) is 1.94. The highest BCUT2D eigenvalue weighted by Crippen LogP contribution is 2.26. The van der Waals surface area contributed by atoms with Gasteiger partial charge in [0.1, 0.15) is 12.1 Å². The Hall–Kier alpha value is -2.06. The summed E-state index contributed by atoms with van der Waals surface area (Å²) in [4.78, 5) is 11.8. The van der Waals surface area contributed by atoms with Crippen LogP contribution in [-0.2, 0) is 9.53 Å². The molecule has 0 saturated carbocycles. The number of carbonyl (C=O) groups is 1. The van der Waals surface area contributed by atoms with Crippen molar-refractivity contribution in [3.8, 4) is 11.4 Å². The minimum Gasteiger partial charge on any atom is -0.495 e. The van der Waals surface area contributed by atoms with Gasteiger partial charge in [-0.25, -0.2) is 0 Å². The van der Waals surface area contributed by atoms with Crippen molar-refractivity contribution in [3.63, 3.8) is 0 Å². The predicted octanol–water partition coefficient (Wildman–Crippen LogP) is 1.52. The van der Waals surface area contributed by atoms with Gasteiger partial charge in [-0.2, -0.15) is 0 Å². The number of carbonyl (C=O) groups excluding carboxylic acids is 1. The molecule has 0 unspecified atom stereocenters. The first-order valence-electron chi connectivity index (χ1n) is 7.18. The number of aromatic nitrogens is 3. The lowest BCUT2D eigenvalue weighted by Gasteiger charge is -2.10. The molecule has 0 spiro atoms. The smallest absolute Gasteiger partial charge is 0.230 e. The van der Waals surface area contributed by atoms with Gasteiger partial charge in [0.25, 0.3) is 0 Å². The van der Waals surface area contributed by atoms with Gasteiger partial charge in [-0.05, 0) is 18.6 Å². The van der Waals surface area contributed by atoms with Crippen LogP contribution >= 0.6 is 11.8 Å². The number of benzene rings is 1. The van der Waals surface area contributed by atoms with Crippen molar-refractivity contribution in [3.05, 3.63) is 30.6 Å². The molecular formula is C15H20N4O3S. The van der Waals surface area contributed by atoms with Gasteiger partial charge in [0.05, 0.1) is 18.6 Å². The normalized spacial score (nSPS) is 10.5. The van der Waals surface area contributed by atoms with E-state index in [4.69, 9.17) is 9.47 Å². The topological polar surface area (TPSA) is 78.3 Å². The molecule has 1 aromatic carbocycles. The lowest BCUT2D eigenvalue weighted by molar-refractivity contribution is -0.118. The van der Waals surface area contributed by atoms with E-state index in [0.29, 0.717) is 18.3 Å². The van der Waals surface area contributed by atoms with E-state index < -0.39 is 0 Å². The SMILES string of the molecule is COCCCNC(=O)CSc1nncn1-c1ccccc1OC. The molecule has 1 amide bonds. The lowest BCUT2D eigenvalue weighted by atomic mass is 10.3. The van der Waals surface area contributed by atoms with E-state index in [9.17, 15) is 4.79 Å². The highest BCUT2D eigenvalue weighted by molar-refractivity contribution is 7.99. The number of nitrogens with one attached hydrogen (secondary N) is 1. The van der Waals surface area contributed by atoms with E-state index in [2.05, 4.69) is 15.5 Å². The first-order chi connectivity index (χ1) is 11.3. The molecule has 124 valence electrons. The van der Waals surface area contributed by atoms with E-state index in [1.54, 1.807) is 20.5 Å². The van der Waals surface area contributed by atoms with Crippen LogP contribution in [-0.4, -0.2) is 53.8 Å². The van der Waals surface area contributed by atoms with Crippen molar-refractivity contribution < 1.29 is 14.3 Å². The molecule has 0 bridgehead atoms. The first-order valence-corrected chi connectivity index (χ1v) is 8.16. The fourth-order valence-corrected chi connectivity index (χ4v) is 2.69. The maximum atomic E-state index is 11.8. The van der Waals surface area contributed by atoms with Crippen LogP contribution in [0.1, 0.15) is 6.42 Å². The summed E-state index contributed by atoms with van der Waals surface area (Å²) < 4.78 is 12.1. The molecule has 7 nitrogen and oxygen atoms in total. The monoisotopic (exact) mass is 336 g/mol. The van der Waals surface area contributed by atoms with E-state index in [1.807, 2.05) is 28.8 Å². The van der Waals surface area contributed by atoms with Crippen LogP contribution in [0.3, 0.4) is 0 Å². The highest BCUT2D eigenvalue weighted by atomic mass is 32.2. The van der Waals surface area contributed by atoms with Crippen LogP contribution in [0.25, 0.3) is 5.69 Å². The Kier molecular flexibility index (Phi) is 6.89. The number of rotatable bonds is 9. The van der Waals surface area contributed by atoms with Gasteiger partial charge >= 0.3 is 0 Å². The minimum atomic E-state index is -0.0410. The molecule has 0 atom stereocenters. The summed E-state index contributed by atoms with van der Waals surface area (Å²) in [6.07, 6.45) is 2.40. The number of hydrogen-bond acceptors (Lipinski definition) is 6. The molecule has 1 aromatic heterocycles. The van der Waals surface area contributed by atoms with Crippen LogP contribution in [0.15, 0.2) is 35.7 Å². The quantitative estimate of drug-likeness (QED) is 0.552. The molecule has 0 aliphatic rings. The molecule has 2 rings (SSSR count). The summed E-state index contributed by atoms with van der Waals surface area (Å²) >= 11 is 1.33. The maximum absolute atomic E-state index is 11.8. The van der Waals surface area contributed by atoms with Gasteiger partial charge in [0.2, 0.25) is 5.91 Å². The number of hydrogen-bond donors (Lipinski definition) is 1. The summed E-state index contributed by atoms with van der Waals surface area (Å²) in [6.45, 7) is 1.24. The van der Waals surface area contributed by atoms with Crippen LogP contribution in [0, 0.1) is 0 Å². The molecule has 1 heterocycles.